The number of halogens is 2. The molecular weight excluding hydrogens is 250 g/mol. The van der Waals surface area contributed by atoms with E-state index in [1.165, 1.54) is 6.07 Å². The Morgan fingerprint density at radius 1 is 1.37 bits per heavy atom. The van der Waals surface area contributed by atoms with Crippen LogP contribution in [0.3, 0.4) is 0 Å². The molecule has 2 rings (SSSR count). The third-order valence-electron chi connectivity index (χ3n) is 3.57. The first-order valence-corrected chi connectivity index (χ1v) is 6.57. The molecule has 2 N–H and O–H groups in total. The van der Waals surface area contributed by atoms with Crippen LogP contribution in [0.5, 0.6) is 0 Å². The molecular formula is C14H20F2N2O. The second kappa shape index (κ2) is 5.94. The van der Waals surface area contributed by atoms with Gasteiger partial charge in [0.1, 0.15) is 0 Å². The molecule has 1 aliphatic heterocycles. The molecule has 1 saturated heterocycles. The van der Waals surface area contributed by atoms with Crippen LogP contribution in [0.25, 0.3) is 0 Å². The van der Waals surface area contributed by atoms with Crippen molar-refractivity contribution in [2.24, 2.45) is 5.73 Å². The molecule has 1 fully saturated rings. The first kappa shape index (κ1) is 14.4. The van der Waals surface area contributed by atoms with E-state index in [4.69, 9.17) is 10.5 Å². The van der Waals surface area contributed by atoms with Crippen LogP contribution in [0, 0.1) is 11.6 Å². The van der Waals surface area contributed by atoms with Crippen LogP contribution in [0.4, 0.5) is 8.78 Å². The molecule has 1 aliphatic rings. The normalized spacial score (nSPS) is 24.9. The lowest BCUT2D eigenvalue weighted by Gasteiger charge is -2.43. The van der Waals surface area contributed by atoms with Gasteiger partial charge in [-0.3, -0.25) is 4.90 Å². The maximum absolute atomic E-state index is 13.4. The van der Waals surface area contributed by atoms with Crippen molar-refractivity contribution in [2.45, 2.75) is 32.0 Å². The smallest absolute Gasteiger partial charge is 0.159 e. The van der Waals surface area contributed by atoms with Gasteiger partial charge >= 0.3 is 0 Å². The number of benzene rings is 1. The average molecular weight is 270 g/mol. The summed E-state index contributed by atoms with van der Waals surface area (Å²) in [6, 6.07) is 4.17. The lowest BCUT2D eigenvalue weighted by Crippen LogP contribution is -2.50. The maximum atomic E-state index is 13.4. The van der Waals surface area contributed by atoms with E-state index in [2.05, 4.69) is 18.7 Å². The monoisotopic (exact) mass is 270 g/mol. The Bertz CT molecular complexity index is 439. The molecule has 0 bridgehead atoms. The molecule has 106 valence electrons. The van der Waals surface area contributed by atoms with E-state index >= 15 is 0 Å². The third kappa shape index (κ3) is 2.94. The third-order valence-corrected chi connectivity index (χ3v) is 3.57. The number of ether oxygens (including phenoxy) is 1. The summed E-state index contributed by atoms with van der Waals surface area (Å²) < 4.78 is 32.1. The number of morpholine rings is 1. The first-order valence-electron chi connectivity index (χ1n) is 6.57. The highest BCUT2D eigenvalue weighted by atomic mass is 19.2. The summed E-state index contributed by atoms with van der Waals surface area (Å²) in [6.45, 7) is 5.88. The number of rotatable bonds is 3. The molecule has 1 aromatic rings. The second-order valence-electron chi connectivity index (χ2n) is 5.09. The molecule has 2 unspecified atom stereocenters. The number of nitrogens with two attached hydrogens (primary N) is 1. The van der Waals surface area contributed by atoms with Crippen molar-refractivity contribution < 1.29 is 13.5 Å². The minimum atomic E-state index is -0.833. The van der Waals surface area contributed by atoms with E-state index in [1.807, 2.05) is 0 Å². The van der Waals surface area contributed by atoms with Crippen LogP contribution in [0.2, 0.25) is 0 Å². The fourth-order valence-electron chi connectivity index (χ4n) is 2.63. The van der Waals surface area contributed by atoms with Gasteiger partial charge in [-0.15, -0.1) is 0 Å². The minimum absolute atomic E-state index is 0.131. The highest BCUT2D eigenvalue weighted by molar-refractivity contribution is 5.23. The van der Waals surface area contributed by atoms with E-state index in [9.17, 15) is 8.78 Å². The van der Waals surface area contributed by atoms with E-state index < -0.39 is 11.6 Å². The average Bonchev–Trinajstić information content (AvgIpc) is 2.41. The van der Waals surface area contributed by atoms with Gasteiger partial charge in [0, 0.05) is 19.1 Å². The predicted octanol–water partition coefficient (Wildman–Crippen LogP) is 2.07. The van der Waals surface area contributed by atoms with Crippen LogP contribution < -0.4 is 5.73 Å². The number of hydrogen-bond donors (Lipinski definition) is 1. The highest BCUT2D eigenvalue weighted by Gasteiger charge is 2.34. The quantitative estimate of drug-likeness (QED) is 0.914. The van der Waals surface area contributed by atoms with Crippen molar-refractivity contribution in [3.05, 3.63) is 35.4 Å². The summed E-state index contributed by atoms with van der Waals surface area (Å²) in [5, 5.41) is 0. The lowest BCUT2D eigenvalue weighted by atomic mass is 9.96. The Hall–Kier alpha value is -1.04. The van der Waals surface area contributed by atoms with Gasteiger partial charge in [-0.1, -0.05) is 6.07 Å². The fourth-order valence-corrected chi connectivity index (χ4v) is 2.63. The first-order chi connectivity index (χ1) is 9.04. The predicted molar refractivity (Wildman–Crippen MR) is 69.7 cm³/mol. The summed E-state index contributed by atoms with van der Waals surface area (Å²) in [6.07, 6.45) is -0.194. The van der Waals surface area contributed by atoms with Gasteiger partial charge in [0.2, 0.25) is 0 Å². The van der Waals surface area contributed by atoms with Gasteiger partial charge in [-0.25, -0.2) is 8.78 Å². The molecule has 0 aromatic heterocycles. The molecule has 0 aliphatic carbocycles. The van der Waals surface area contributed by atoms with Crippen LogP contribution in [-0.4, -0.2) is 36.7 Å². The zero-order valence-corrected chi connectivity index (χ0v) is 11.3. The molecule has 5 heteroatoms. The zero-order chi connectivity index (χ0) is 14.0. The Morgan fingerprint density at radius 2 is 2.11 bits per heavy atom. The Kier molecular flexibility index (Phi) is 4.50. The van der Waals surface area contributed by atoms with Crippen molar-refractivity contribution in [3.8, 4) is 0 Å². The SMILES string of the molecule is CC(C)N1CCOC(CN)C1c1ccc(F)c(F)c1. The number of nitrogens with zero attached hydrogens (tertiary/aromatic N) is 1. The molecule has 1 aromatic carbocycles. The summed E-state index contributed by atoms with van der Waals surface area (Å²) in [4.78, 5) is 2.22. The zero-order valence-electron chi connectivity index (χ0n) is 11.3. The van der Waals surface area contributed by atoms with E-state index in [1.54, 1.807) is 6.07 Å². The Morgan fingerprint density at radius 3 is 2.68 bits per heavy atom. The standard InChI is InChI=1S/C14H20F2N2O/c1-9(2)18-5-6-19-13(8-17)14(18)10-3-4-11(15)12(16)7-10/h3-4,7,9,13-14H,5-6,8,17H2,1-2H3. The number of hydrogen-bond acceptors (Lipinski definition) is 3. The Balaban J connectivity index is 2.36. The van der Waals surface area contributed by atoms with Gasteiger partial charge in [0.25, 0.3) is 0 Å². The van der Waals surface area contributed by atoms with Crippen molar-refractivity contribution in [3.63, 3.8) is 0 Å². The van der Waals surface area contributed by atoms with Crippen LogP contribution >= 0.6 is 0 Å². The molecule has 0 amide bonds. The van der Waals surface area contributed by atoms with Crippen LogP contribution in [0.15, 0.2) is 18.2 Å². The van der Waals surface area contributed by atoms with Crippen molar-refractivity contribution >= 4 is 0 Å². The summed E-state index contributed by atoms with van der Waals surface area (Å²) >= 11 is 0. The summed E-state index contributed by atoms with van der Waals surface area (Å²) in [7, 11) is 0. The molecule has 0 saturated carbocycles. The topological polar surface area (TPSA) is 38.5 Å². The molecule has 0 radical (unpaired) electrons. The van der Waals surface area contributed by atoms with Gasteiger partial charge in [0.05, 0.1) is 18.8 Å². The van der Waals surface area contributed by atoms with Gasteiger partial charge in [-0.05, 0) is 31.5 Å². The van der Waals surface area contributed by atoms with E-state index in [0.29, 0.717) is 18.7 Å². The highest BCUT2D eigenvalue weighted by Crippen LogP contribution is 2.31. The lowest BCUT2D eigenvalue weighted by molar-refractivity contribution is -0.0790. The fraction of sp³-hybridized carbons (Fsp3) is 0.571. The Labute approximate surface area is 112 Å². The summed E-state index contributed by atoms with van der Waals surface area (Å²) in [5.74, 6) is -1.66. The van der Waals surface area contributed by atoms with E-state index in [0.717, 1.165) is 12.6 Å². The van der Waals surface area contributed by atoms with Crippen molar-refractivity contribution in [1.82, 2.24) is 4.90 Å². The second-order valence-corrected chi connectivity index (χ2v) is 5.09. The van der Waals surface area contributed by atoms with Gasteiger partial charge < -0.3 is 10.5 Å². The molecule has 1 heterocycles. The van der Waals surface area contributed by atoms with Crippen molar-refractivity contribution in [2.75, 3.05) is 19.7 Å². The largest absolute Gasteiger partial charge is 0.374 e. The van der Waals surface area contributed by atoms with Crippen LogP contribution in [0.1, 0.15) is 25.5 Å². The molecule has 0 spiro atoms. The minimum Gasteiger partial charge on any atom is -0.374 e. The van der Waals surface area contributed by atoms with Crippen molar-refractivity contribution in [1.29, 1.82) is 0 Å². The maximum Gasteiger partial charge on any atom is 0.159 e. The molecule has 19 heavy (non-hydrogen) atoms. The van der Waals surface area contributed by atoms with Crippen LogP contribution in [-0.2, 0) is 4.74 Å². The molecule has 3 nitrogen and oxygen atoms in total. The van der Waals surface area contributed by atoms with E-state index in [-0.39, 0.29) is 18.2 Å². The summed E-state index contributed by atoms with van der Waals surface area (Å²) in [5.41, 5.74) is 6.45. The van der Waals surface area contributed by atoms with Gasteiger partial charge in [-0.2, -0.15) is 0 Å². The molecule has 2 atom stereocenters. The van der Waals surface area contributed by atoms with Gasteiger partial charge in [0.15, 0.2) is 11.6 Å².